The minimum atomic E-state index is -1.47. The molecule has 0 spiro atoms. The van der Waals surface area contributed by atoms with E-state index in [1.807, 2.05) is 36.4 Å². The lowest BCUT2D eigenvalue weighted by Gasteiger charge is -2.33. The Morgan fingerprint density at radius 2 is 1.76 bits per heavy atom. The van der Waals surface area contributed by atoms with Crippen molar-refractivity contribution < 1.29 is 9.90 Å². The Labute approximate surface area is 122 Å². The van der Waals surface area contributed by atoms with Crippen molar-refractivity contribution in [2.75, 3.05) is 6.54 Å². The van der Waals surface area contributed by atoms with E-state index in [-0.39, 0.29) is 18.9 Å². The molecule has 0 fully saturated rings. The molecule has 0 saturated carbocycles. The zero-order valence-electron chi connectivity index (χ0n) is 11.4. The summed E-state index contributed by atoms with van der Waals surface area (Å²) in [6, 6.07) is 18.4. The van der Waals surface area contributed by atoms with E-state index in [1.54, 1.807) is 24.3 Å². The lowest BCUT2D eigenvalue weighted by Crippen LogP contribution is -2.45. The normalized spacial score (nSPS) is 20.2. The first-order valence-corrected chi connectivity index (χ1v) is 6.71. The highest BCUT2D eigenvalue weighted by Gasteiger charge is 2.48. The summed E-state index contributed by atoms with van der Waals surface area (Å²) in [6.45, 7) is -0.142. The number of fused-ring (bicyclic) bond motifs is 1. The number of carbonyl (C=O) groups excluding carboxylic acids is 1. The zero-order valence-corrected chi connectivity index (χ0v) is 11.4. The standard InChI is InChI=1S/C17H14N2O2/c18-10-11-19-16(20)14-8-4-5-9-15(14)17(19,21)12-13-6-2-1-3-7-13/h1-9,21H,11-12H2. The molecule has 2 aromatic rings. The van der Waals surface area contributed by atoms with Gasteiger partial charge in [0.2, 0.25) is 0 Å². The summed E-state index contributed by atoms with van der Waals surface area (Å²) in [4.78, 5) is 13.6. The summed E-state index contributed by atoms with van der Waals surface area (Å²) < 4.78 is 0. The van der Waals surface area contributed by atoms with Crippen molar-refractivity contribution in [3.8, 4) is 6.07 Å². The highest BCUT2D eigenvalue weighted by atomic mass is 16.3. The largest absolute Gasteiger partial charge is 0.366 e. The molecule has 1 unspecified atom stereocenters. The molecule has 0 aliphatic carbocycles. The second-order valence-corrected chi connectivity index (χ2v) is 5.07. The van der Waals surface area contributed by atoms with Crippen LogP contribution in [0.1, 0.15) is 21.5 Å². The second-order valence-electron chi connectivity index (χ2n) is 5.07. The van der Waals surface area contributed by atoms with Crippen LogP contribution in [0.25, 0.3) is 0 Å². The topological polar surface area (TPSA) is 64.3 Å². The first-order valence-electron chi connectivity index (χ1n) is 6.71. The van der Waals surface area contributed by atoms with Crippen molar-refractivity contribution in [3.05, 3.63) is 71.3 Å². The average Bonchev–Trinajstić information content (AvgIpc) is 2.71. The minimum Gasteiger partial charge on any atom is -0.366 e. The summed E-state index contributed by atoms with van der Waals surface area (Å²) in [5.74, 6) is -0.300. The number of carbonyl (C=O) groups is 1. The highest BCUT2D eigenvalue weighted by molar-refractivity contribution is 5.99. The number of benzene rings is 2. The van der Waals surface area contributed by atoms with E-state index in [2.05, 4.69) is 0 Å². The molecule has 1 aliphatic heterocycles. The lowest BCUT2D eigenvalue weighted by atomic mass is 9.94. The SMILES string of the molecule is N#CCN1C(=O)c2ccccc2C1(O)Cc1ccccc1. The maximum atomic E-state index is 12.4. The Kier molecular flexibility index (Phi) is 3.20. The quantitative estimate of drug-likeness (QED) is 0.874. The molecule has 0 radical (unpaired) electrons. The van der Waals surface area contributed by atoms with Crippen LogP contribution in [0.2, 0.25) is 0 Å². The van der Waals surface area contributed by atoms with Crippen LogP contribution in [0.3, 0.4) is 0 Å². The molecule has 2 aromatic carbocycles. The minimum absolute atomic E-state index is 0.142. The van der Waals surface area contributed by atoms with E-state index in [1.165, 1.54) is 4.90 Å². The van der Waals surface area contributed by atoms with Crippen LogP contribution in [0, 0.1) is 11.3 Å². The molecule has 0 bridgehead atoms. The van der Waals surface area contributed by atoms with Crippen LogP contribution in [0.4, 0.5) is 0 Å². The molecule has 1 N–H and O–H groups in total. The summed E-state index contributed by atoms with van der Waals surface area (Å²) >= 11 is 0. The van der Waals surface area contributed by atoms with Crippen LogP contribution < -0.4 is 0 Å². The molecule has 104 valence electrons. The van der Waals surface area contributed by atoms with E-state index in [4.69, 9.17) is 5.26 Å². The van der Waals surface area contributed by atoms with Gasteiger partial charge in [0, 0.05) is 17.5 Å². The number of amides is 1. The molecule has 4 heteroatoms. The van der Waals surface area contributed by atoms with Gasteiger partial charge in [0.15, 0.2) is 5.72 Å². The second kappa shape index (κ2) is 5.04. The van der Waals surface area contributed by atoms with Gasteiger partial charge in [-0.3, -0.25) is 9.69 Å². The third-order valence-electron chi connectivity index (χ3n) is 3.80. The fraction of sp³-hybridized carbons (Fsp3) is 0.176. The third-order valence-corrected chi connectivity index (χ3v) is 3.80. The van der Waals surface area contributed by atoms with Gasteiger partial charge in [-0.15, -0.1) is 0 Å². The van der Waals surface area contributed by atoms with E-state index in [0.717, 1.165) is 5.56 Å². The molecular weight excluding hydrogens is 264 g/mol. The van der Waals surface area contributed by atoms with Gasteiger partial charge in [-0.05, 0) is 11.6 Å². The summed E-state index contributed by atoms with van der Waals surface area (Å²) in [5, 5.41) is 20.1. The number of nitrogens with zero attached hydrogens (tertiary/aromatic N) is 2. The summed E-state index contributed by atoms with van der Waals surface area (Å²) in [6.07, 6.45) is 0.262. The van der Waals surface area contributed by atoms with Gasteiger partial charge in [0.25, 0.3) is 5.91 Å². The zero-order chi connectivity index (χ0) is 14.9. The molecular formula is C17H14N2O2. The van der Waals surface area contributed by atoms with Gasteiger partial charge in [-0.1, -0.05) is 48.5 Å². The molecule has 1 heterocycles. The van der Waals surface area contributed by atoms with E-state index in [0.29, 0.717) is 11.1 Å². The van der Waals surface area contributed by atoms with Crippen LogP contribution >= 0.6 is 0 Å². The highest BCUT2D eigenvalue weighted by Crippen LogP contribution is 2.39. The summed E-state index contributed by atoms with van der Waals surface area (Å²) in [5.41, 5.74) is 0.470. The van der Waals surface area contributed by atoms with Crippen LogP contribution in [0.15, 0.2) is 54.6 Å². The molecule has 0 saturated heterocycles. The fourth-order valence-electron chi connectivity index (χ4n) is 2.82. The van der Waals surface area contributed by atoms with Crippen molar-refractivity contribution in [3.63, 3.8) is 0 Å². The Bertz CT molecular complexity index is 721. The maximum absolute atomic E-state index is 12.4. The first-order chi connectivity index (χ1) is 10.2. The van der Waals surface area contributed by atoms with Crippen molar-refractivity contribution in [1.82, 2.24) is 4.90 Å². The lowest BCUT2D eigenvalue weighted by molar-refractivity contribution is -0.0779. The average molecular weight is 278 g/mol. The Morgan fingerprint density at radius 3 is 2.48 bits per heavy atom. The molecule has 21 heavy (non-hydrogen) atoms. The van der Waals surface area contributed by atoms with Gasteiger partial charge in [-0.25, -0.2) is 0 Å². The van der Waals surface area contributed by atoms with Gasteiger partial charge >= 0.3 is 0 Å². The summed E-state index contributed by atoms with van der Waals surface area (Å²) in [7, 11) is 0. The number of hydrogen-bond acceptors (Lipinski definition) is 3. The smallest absolute Gasteiger partial charge is 0.257 e. The van der Waals surface area contributed by atoms with Crippen LogP contribution in [-0.4, -0.2) is 22.5 Å². The molecule has 1 amide bonds. The predicted molar refractivity (Wildman–Crippen MR) is 77.1 cm³/mol. The van der Waals surface area contributed by atoms with Crippen molar-refractivity contribution in [2.24, 2.45) is 0 Å². The monoisotopic (exact) mass is 278 g/mol. The Balaban J connectivity index is 2.08. The van der Waals surface area contributed by atoms with E-state index in [9.17, 15) is 9.90 Å². The number of nitriles is 1. The van der Waals surface area contributed by atoms with E-state index < -0.39 is 5.72 Å². The van der Waals surface area contributed by atoms with Gasteiger partial charge < -0.3 is 5.11 Å². The molecule has 1 atom stereocenters. The first kappa shape index (κ1) is 13.3. The van der Waals surface area contributed by atoms with Crippen molar-refractivity contribution in [1.29, 1.82) is 5.26 Å². The molecule has 1 aliphatic rings. The van der Waals surface area contributed by atoms with E-state index >= 15 is 0 Å². The number of aliphatic hydroxyl groups is 1. The van der Waals surface area contributed by atoms with Crippen LogP contribution in [-0.2, 0) is 12.1 Å². The van der Waals surface area contributed by atoms with Crippen LogP contribution in [0.5, 0.6) is 0 Å². The Morgan fingerprint density at radius 1 is 1.10 bits per heavy atom. The van der Waals surface area contributed by atoms with Gasteiger partial charge in [0.1, 0.15) is 6.54 Å². The van der Waals surface area contributed by atoms with Crippen molar-refractivity contribution >= 4 is 5.91 Å². The maximum Gasteiger partial charge on any atom is 0.257 e. The molecule has 4 nitrogen and oxygen atoms in total. The predicted octanol–water partition coefficient (Wildman–Crippen LogP) is 2.05. The molecule has 0 aromatic heterocycles. The van der Waals surface area contributed by atoms with Gasteiger partial charge in [0.05, 0.1) is 6.07 Å². The molecule has 3 rings (SSSR count). The third kappa shape index (κ3) is 2.08. The van der Waals surface area contributed by atoms with Gasteiger partial charge in [-0.2, -0.15) is 5.26 Å². The number of hydrogen-bond donors (Lipinski definition) is 1. The fourth-order valence-corrected chi connectivity index (χ4v) is 2.82. The number of rotatable bonds is 3. The Hall–Kier alpha value is -2.64. The van der Waals surface area contributed by atoms with Crippen molar-refractivity contribution in [2.45, 2.75) is 12.1 Å².